The first-order valence-electron chi connectivity index (χ1n) is 5.87. The van der Waals surface area contributed by atoms with Gasteiger partial charge in [-0.25, -0.2) is 4.31 Å². The lowest BCUT2D eigenvalue weighted by atomic mass is 10.2. The largest absolute Gasteiger partial charge is 0.468 e. The molecule has 0 radical (unpaired) electrons. The van der Waals surface area contributed by atoms with Crippen molar-refractivity contribution in [1.82, 2.24) is 4.31 Å². The molecule has 0 spiro atoms. The van der Waals surface area contributed by atoms with Gasteiger partial charge in [-0.3, -0.25) is 4.79 Å². The van der Waals surface area contributed by atoms with E-state index in [4.69, 9.17) is 9.47 Å². The lowest BCUT2D eigenvalue weighted by Gasteiger charge is -2.32. The average molecular weight is 267 g/mol. The Balaban J connectivity index is 2.05. The van der Waals surface area contributed by atoms with Gasteiger partial charge in [0, 0.05) is 11.4 Å². The van der Waals surface area contributed by atoms with Crippen LogP contribution in [0.3, 0.4) is 0 Å². The zero-order valence-corrected chi connectivity index (χ0v) is 11.4. The van der Waals surface area contributed by atoms with Crippen molar-refractivity contribution in [1.29, 1.82) is 0 Å². The third-order valence-electron chi connectivity index (χ3n) is 2.80. The highest BCUT2D eigenvalue weighted by atomic mass is 32.2. The van der Waals surface area contributed by atoms with E-state index in [9.17, 15) is 4.79 Å². The van der Waals surface area contributed by atoms with Crippen LogP contribution in [0.1, 0.15) is 5.56 Å². The first-order chi connectivity index (χ1) is 8.70. The second-order valence-corrected chi connectivity index (χ2v) is 5.28. The van der Waals surface area contributed by atoms with Crippen LogP contribution in [0.25, 0.3) is 0 Å². The Morgan fingerprint density at radius 1 is 1.44 bits per heavy atom. The molecule has 1 atom stereocenters. The van der Waals surface area contributed by atoms with E-state index in [1.165, 1.54) is 12.7 Å². The summed E-state index contributed by atoms with van der Waals surface area (Å²) in [7, 11) is 1.41. The summed E-state index contributed by atoms with van der Waals surface area (Å²) < 4.78 is 12.2. The van der Waals surface area contributed by atoms with Crippen LogP contribution in [0, 0.1) is 6.92 Å². The van der Waals surface area contributed by atoms with Crippen molar-refractivity contribution in [2.45, 2.75) is 17.9 Å². The van der Waals surface area contributed by atoms with E-state index < -0.39 is 0 Å². The Morgan fingerprint density at radius 3 is 2.83 bits per heavy atom. The molecule has 1 aliphatic rings. The second kappa shape index (κ2) is 6.22. The minimum Gasteiger partial charge on any atom is -0.468 e. The third kappa shape index (κ3) is 3.25. The molecule has 1 saturated heterocycles. The van der Waals surface area contributed by atoms with Crippen molar-refractivity contribution in [2.75, 3.05) is 26.9 Å². The molecule has 5 heteroatoms. The van der Waals surface area contributed by atoms with Crippen LogP contribution in [0.2, 0.25) is 0 Å². The van der Waals surface area contributed by atoms with E-state index in [2.05, 4.69) is 31.2 Å². The number of benzene rings is 1. The maximum absolute atomic E-state index is 11.7. The molecule has 18 heavy (non-hydrogen) atoms. The summed E-state index contributed by atoms with van der Waals surface area (Å²) in [5.41, 5.74) is 1.23. The fourth-order valence-corrected chi connectivity index (χ4v) is 2.72. The monoisotopic (exact) mass is 267 g/mol. The van der Waals surface area contributed by atoms with Crippen molar-refractivity contribution < 1.29 is 14.3 Å². The number of esters is 1. The van der Waals surface area contributed by atoms with E-state index in [-0.39, 0.29) is 12.0 Å². The maximum Gasteiger partial charge on any atom is 0.326 e. The summed E-state index contributed by atoms with van der Waals surface area (Å²) in [6, 6.07) is 7.93. The van der Waals surface area contributed by atoms with Gasteiger partial charge in [0.1, 0.15) is 6.04 Å². The smallest absolute Gasteiger partial charge is 0.326 e. The number of morpholine rings is 1. The van der Waals surface area contributed by atoms with Crippen molar-refractivity contribution in [3.05, 3.63) is 29.8 Å². The number of aryl methyl sites for hydroxylation is 1. The summed E-state index contributed by atoms with van der Waals surface area (Å²) in [6.07, 6.45) is 0. The van der Waals surface area contributed by atoms with Crippen LogP contribution in [0.15, 0.2) is 29.2 Å². The predicted molar refractivity (Wildman–Crippen MR) is 70.4 cm³/mol. The van der Waals surface area contributed by atoms with Crippen LogP contribution in [0.5, 0.6) is 0 Å². The zero-order chi connectivity index (χ0) is 13.0. The van der Waals surface area contributed by atoms with Gasteiger partial charge in [-0.15, -0.1) is 0 Å². The topological polar surface area (TPSA) is 38.8 Å². The number of carbonyl (C=O) groups excluding carboxylic acids is 1. The Kier molecular flexibility index (Phi) is 4.63. The normalized spacial score (nSPS) is 20.7. The molecule has 1 aromatic rings. The summed E-state index contributed by atoms with van der Waals surface area (Å²) >= 11 is 1.58. The van der Waals surface area contributed by atoms with E-state index in [0.717, 1.165) is 11.4 Å². The summed E-state index contributed by atoms with van der Waals surface area (Å²) in [6.45, 7) is 3.82. The van der Waals surface area contributed by atoms with Crippen molar-refractivity contribution in [2.24, 2.45) is 0 Å². The van der Waals surface area contributed by atoms with Gasteiger partial charge in [0.05, 0.1) is 20.3 Å². The number of methoxy groups -OCH3 is 1. The highest BCUT2D eigenvalue weighted by Crippen LogP contribution is 2.27. The molecule has 1 aromatic carbocycles. The molecule has 1 aliphatic heterocycles. The van der Waals surface area contributed by atoms with Gasteiger partial charge < -0.3 is 9.47 Å². The second-order valence-electron chi connectivity index (χ2n) is 4.16. The molecule has 1 unspecified atom stereocenters. The van der Waals surface area contributed by atoms with Crippen LogP contribution in [-0.4, -0.2) is 43.2 Å². The number of ether oxygens (including phenoxy) is 2. The molecule has 0 bridgehead atoms. The third-order valence-corrected chi connectivity index (χ3v) is 3.95. The molecule has 1 fully saturated rings. The summed E-state index contributed by atoms with van der Waals surface area (Å²) in [5, 5.41) is 0. The Morgan fingerprint density at radius 2 is 2.17 bits per heavy atom. The van der Waals surface area contributed by atoms with E-state index in [1.54, 1.807) is 11.9 Å². The molecule has 2 rings (SSSR count). The fourth-order valence-electron chi connectivity index (χ4n) is 1.75. The zero-order valence-electron chi connectivity index (χ0n) is 10.6. The number of carbonyl (C=O) groups is 1. The molecule has 4 nitrogen and oxygen atoms in total. The van der Waals surface area contributed by atoms with Gasteiger partial charge in [-0.05, 0) is 31.0 Å². The van der Waals surface area contributed by atoms with Crippen molar-refractivity contribution in [3.8, 4) is 0 Å². The molecule has 0 amide bonds. The molecule has 1 heterocycles. The molecule has 98 valence electrons. The minimum atomic E-state index is -0.324. The Bertz CT molecular complexity index is 407. The van der Waals surface area contributed by atoms with E-state index >= 15 is 0 Å². The van der Waals surface area contributed by atoms with Gasteiger partial charge in [-0.2, -0.15) is 0 Å². The van der Waals surface area contributed by atoms with Crippen LogP contribution in [0.4, 0.5) is 0 Å². The predicted octanol–water partition coefficient (Wildman–Crippen LogP) is 1.88. The summed E-state index contributed by atoms with van der Waals surface area (Å²) in [5.74, 6) is -0.241. The Hall–Kier alpha value is -1.04. The fraction of sp³-hybridized carbons (Fsp3) is 0.462. The van der Waals surface area contributed by atoms with Crippen LogP contribution < -0.4 is 0 Å². The number of hydrogen-bond acceptors (Lipinski definition) is 5. The maximum atomic E-state index is 11.7. The van der Waals surface area contributed by atoms with Gasteiger partial charge in [0.25, 0.3) is 0 Å². The molecular weight excluding hydrogens is 250 g/mol. The van der Waals surface area contributed by atoms with Gasteiger partial charge >= 0.3 is 5.97 Å². The molecule has 0 aliphatic carbocycles. The molecular formula is C13H17NO3S. The van der Waals surface area contributed by atoms with E-state index in [0.29, 0.717) is 13.2 Å². The quantitative estimate of drug-likeness (QED) is 0.617. The van der Waals surface area contributed by atoms with Crippen molar-refractivity contribution in [3.63, 3.8) is 0 Å². The SMILES string of the molecule is COC(=O)C1COCCN1Sc1ccc(C)cc1. The van der Waals surface area contributed by atoms with E-state index in [1.807, 2.05) is 4.31 Å². The van der Waals surface area contributed by atoms with Crippen molar-refractivity contribution >= 4 is 17.9 Å². The highest BCUT2D eigenvalue weighted by Gasteiger charge is 2.31. The van der Waals surface area contributed by atoms with Crippen LogP contribution in [-0.2, 0) is 14.3 Å². The number of hydrogen-bond donors (Lipinski definition) is 0. The molecule has 0 saturated carbocycles. The van der Waals surface area contributed by atoms with Gasteiger partial charge in [0.15, 0.2) is 0 Å². The van der Waals surface area contributed by atoms with Gasteiger partial charge in [0.2, 0.25) is 0 Å². The van der Waals surface area contributed by atoms with Crippen LogP contribution >= 0.6 is 11.9 Å². The first kappa shape index (κ1) is 13.4. The number of nitrogens with zero attached hydrogens (tertiary/aromatic N) is 1. The van der Waals surface area contributed by atoms with Gasteiger partial charge in [-0.1, -0.05) is 17.7 Å². The highest BCUT2D eigenvalue weighted by molar-refractivity contribution is 7.97. The Labute approximate surface area is 111 Å². The number of rotatable bonds is 3. The lowest BCUT2D eigenvalue weighted by molar-refractivity contribution is -0.149. The average Bonchev–Trinajstić information content (AvgIpc) is 2.41. The molecule has 0 N–H and O–H groups in total. The molecule has 0 aromatic heterocycles. The minimum absolute atomic E-state index is 0.241. The first-order valence-corrected chi connectivity index (χ1v) is 6.65. The summed E-state index contributed by atoms with van der Waals surface area (Å²) in [4.78, 5) is 12.8. The standard InChI is InChI=1S/C13H17NO3S/c1-10-3-5-11(6-4-10)18-14-7-8-17-9-12(14)13(15)16-2/h3-6,12H,7-9H2,1-2H3. The lowest BCUT2D eigenvalue weighted by Crippen LogP contribution is -2.46.